The van der Waals surface area contributed by atoms with Gasteiger partial charge in [-0.25, -0.2) is 0 Å². The third-order valence-electron chi connectivity index (χ3n) is 3.49. The minimum absolute atomic E-state index is 0. The maximum absolute atomic E-state index is 11.7. The molecule has 1 aromatic rings. The summed E-state index contributed by atoms with van der Waals surface area (Å²) >= 11 is 0. The third kappa shape index (κ3) is 4.22. The van der Waals surface area contributed by atoms with Gasteiger partial charge in [0.25, 0.3) is 0 Å². The average molecular weight is 269 g/mol. The molecule has 1 fully saturated rings. The van der Waals surface area contributed by atoms with Gasteiger partial charge in [0, 0.05) is 18.7 Å². The molecule has 0 aliphatic heterocycles. The van der Waals surface area contributed by atoms with E-state index in [2.05, 4.69) is 12.2 Å². The molecule has 0 bridgehead atoms. The molecule has 18 heavy (non-hydrogen) atoms. The van der Waals surface area contributed by atoms with Crippen molar-refractivity contribution in [3.8, 4) is 0 Å². The van der Waals surface area contributed by atoms with Crippen molar-refractivity contribution in [2.24, 2.45) is 5.41 Å². The van der Waals surface area contributed by atoms with Crippen molar-refractivity contribution in [2.45, 2.75) is 32.6 Å². The second-order valence-electron chi connectivity index (χ2n) is 5.29. The van der Waals surface area contributed by atoms with E-state index in [4.69, 9.17) is 5.73 Å². The number of nitrogen functional groups attached to an aromatic ring is 1. The Bertz CT molecular complexity index is 416. The molecule has 3 N–H and O–H groups in total. The van der Waals surface area contributed by atoms with Gasteiger partial charge in [0.05, 0.1) is 0 Å². The molecule has 1 amide bonds. The second kappa shape index (κ2) is 6.10. The minimum Gasteiger partial charge on any atom is -0.399 e. The van der Waals surface area contributed by atoms with Crippen LogP contribution in [0.2, 0.25) is 0 Å². The number of halogens is 1. The molecule has 1 saturated carbocycles. The number of rotatable bonds is 5. The SMILES string of the molecule is CC1(CNC(=O)CCc2ccccc2N)CC1.Cl. The number of nitrogens with one attached hydrogen (secondary N) is 1. The van der Waals surface area contributed by atoms with Crippen LogP contribution in [0.1, 0.15) is 31.7 Å². The fourth-order valence-electron chi connectivity index (χ4n) is 1.80. The Kier molecular flexibility index (Phi) is 5.03. The van der Waals surface area contributed by atoms with E-state index in [-0.39, 0.29) is 18.3 Å². The lowest BCUT2D eigenvalue weighted by Crippen LogP contribution is -2.29. The van der Waals surface area contributed by atoms with Crippen LogP contribution < -0.4 is 11.1 Å². The zero-order chi connectivity index (χ0) is 12.3. The maximum Gasteiger partial charge on any atom is 0.220 e. The highest BCUT2D eigenvalue weighted by Gasteiger charge is 2.37. The number of hydrogen-bond acceptors (Lipinski definition) is 2. The Morgan fingerprint density at radius 3 is 2.67 bits per heavy atom. The van der Waals surface area contributed by atoms with E-state index in [1.54, 1.807) is 0 Å². The molecule has 100 valence electrons. The van der Waals surface area contributed by atoms with Crippen molar-refractivity contribution in [1.82, 2.24) is 5.32 Å². The fourth-order valence-corrected chi connectivity index (χ4v) is 1.80. The Hall–Kier alpha value is -1.22. The van der Waals surface area contributed by atoms with Crippen LogP contribution in [0.4, 0.5) is 5.69 Å². The summed E-state index contributed by atoms with van der Waals surface area (Å²) in [6, 6.07) is 7.71. The number of aryl methyl sites for hydroxylation is 1. The first kappa shape index (κ1) is 14.8. The molecule has 0 aromatic heterocycles. The highest BCUT2D eigenvalue weighted by molar-refractivity contribution is 5.85. The highest BCUT2D eigenvalue weighted by atomic mass is 35.5. The van der Waals surface area contributed by atoms with Gasteiger partial charge in [-0.3, -0.25) is 4.79 Å². The summed E-state index contributed by atoms with van der Waals surface area (Å²) in [4.78, 5) is 11.7. The van der Waals surface area contributed by atoms with Crippen LogP contribution in [0.3, 0.4) is 0 Å². The van der Waals surface area contributed by atoms with E-state index in [1.807, 2.05) is 24.3 Å². The minimum atomic E-state index is 0. The van der Waals surface area contributed by atoms with E-state index >= 15 is 0 Å². The van der Waals surface area contributed by atoms with E-state index in [9.17, 15) is 4.79 Å². The third-order valence-corrected chi connectivity index (χ3v) is 3.49. The van der Waals surface area contributed by atoms with E-state index in [1.165, 1.54) is 12.8 Å². The Balaban J connectivity index is 0.00000162. The topological polar surface area (TPSA) is 55.1 Å². The number of carbonyl (C=O) groups is 1. The average Bonchev–Trinajstić information content (AvgIpc) is 3.04. The van der Waals surface area contributed by atoms with Crippen molar-refractivity contribution in [3.05, 3.63) is 29.8 Å². The molecule has 2 rings (SSSR count). The number of carbonyl (C=O) groups excluding carboxylic acids is 1. The first-order valence-electron chi connectivity index (χ1n) is 6.19. The van der Waals surface area contributed by atoms with Crippen LogP contribution in [-0.2, 0) is 11.2 Å². The Morgan fingerprint density at radius 1 is 1.39 bits per heavy atom. The summed E-state index contributed by atoms with van der Waals surface area (Å²) in [5, 5.41) is 3.00. The van der Waals surface area contributed by atoms with Crippen LogP contribution in [0.25, 0.3) is 0 Å². The van der Waals surface area contributed by atoms with Gasteiger partial charge in [0.2, 0.25) is 5.91 Å². The van der Waals surface area contributed by atoms with Crippen LogP contribution in [0.5, 0.6) is 0 Å². The summed E-state index contributed by atoms with van der Waals surface area (Å²) in [6.07, 6.45) is 3.71. The maximum atomic E-state index is 11.7. The van der Waals surface area contributed by atoms with Gasteiger partial charge in [-0.1, -0.05) is 25.1 Å². The quantitative estimate of drug-likeness (QED) is 0.807. The fraction of sp³-hybridized carbons (Fsp3) is 0.500. The van der Waals surface area contributed by atoms with Gasteiger partial charge in [0.1, 0.15) is 0 Å². The predicted molar refractivity (Wildman–Crippen MR) is 76.8 cm³/mol. The normalized spacial score (nSPS) is 15.6. The number of nitrogens with two attached hydrogens (primary N) is 1. The standard InChI is InChI=1S/C14H20N2O.ClH/c1-14(8-9-14)10-16-13(17)7-6-11-4-2-3-5-12(11)15;/h2-5H,6-10,15H2,1H3,(H,16,17);1H. The van der Waals surface area contributed by atoms with E-state index in [0.717, 1.165) is 24.2 Å². The zero-order valence-corrected chi connectivity index (χ0v) is 11.6. The lowest BCUT2D eigenvalue weighted by Gasteiger charge is -2.10. The van der Waals surface area contributed by atoms with Crippen molar-refractivity contribution < 1.29 is 4.79 Å². The van der Waals surface area contributed by atoms with Gasteiger partial charge in [-0.15, -0.1) is 12.4 Å². The first-order chi connectivity index (χ1) is 8.09. The zero-order valence-electron chi connectivity index (χ0n) is 10.7. The van der Waals surface area contributed by atoms with Crippen LogP contribution in [-0.4, -0.2) is 12.5 Å². The molecule has 3 nitrogen and oxygen atoms in total. The Labute approximate surface area is 115 Å². The Morgan fingerprint density at radius 2 is 2.06 bits per heavy atom. The molecule has 0 heterocycles. The number of hydrogen-bond donors (Lipinski definition) is 2. The number of anilines is 1. The molecule has 1 aromatic carbocycles. The first-order valence-corrected chi connectivity index (χ1v) is 6.19. The van der Waals surface area contributed by atoms with Gasteiger partial charge < -0.3 is 11.1 Å². The van der Waals surface area contributed by atoms with E-state index in [0.29, 0.717) is 11.8 Å². The summed E-state index contributed by atoms with van der Waals surface area (Å²) in [5.41, 5.74) is 8.03. The number of amides is 1. The van der Waals surface area contributed by atoms with Crippen molar-refractivity contribution in [3.63, 3.8) is 0 Å². The molecule has 1 aliphatic rings. The molecular weight excluding hydrogens is 248 g/mol. The molecule has 0 spiro atoms. The van der Waals surface area contributed by atoms with Crippen LogP contribution in [0, 0.1) is 5.41 Å². The number of para-hydroxylation sites is 1. The monoisotopic (exact) mass is 268 g/mol. The number of benzene rings is 1. The predicted octanol–water partition coefficient (Wildman–Crippen LogP) is 2.54. The highest BCUT2D eigenvalue weighted by Crippen LogP contribution is 2.43. The molecule has 1 aliphatic carbocycles. The molecule has 0 unspecified atom stereocenters. The van der Waals surface area contributed by atoms with Gasteiger partial charge in [-0.2, -0.15) is 0 Å². The molecule has 0 radical (unpaired) electrons. The van der Waals surface area contributed by atoms with Crippen molar-refractivity contribution in [1.29, 1.82) is 0 Å². The van der Waals surface area contributed by atoms with Gasteiger partial charge in [0.15, 0.2) is 0 Å². The molecular formula is C14H21ClN2O. The lowest BCUT2D eigenvalue weighted by molar-refractivity contribution is -0.121. The van der Waals surface area contributed by atoms with Gasteiger partial charge in [-0.05, 0) is 36.3 Å². The van der Waals surface area contributed by atoms with Crippen molar-refractivity contribution >= 4 is 24.0 Å². The second-order valence-corrected chi connectivity index (χ2v) is 5.29. The summed E-state index contributed by atoms with van der Waals surface area (Å²) in [6.45, 7) is 3.03. The summed E-state index contributed by atoms with van der Waals surface area (Å²) in [7, 11) is 0. The largest absolute Gasteiger partial charge is 0.399 e. The van der Waals surface area contributed by atoms with Crippen molar-refractivity contribution in [2.75, 3.05) is 12.3 Å². The van der Waals surface area contributed by atoms with Crippen LogP contribution >= 0.6 is 12.4 Å². The summed E-state index contributed by atoms with van der Waals surface area (Å²) < 4.78 is 0. The summed E-state index contributed by atoms with van der Waals surface area (Å²) in [5.74, 6) is 0.126. The molecule has 4 heteroatoms. The van der Waals surface area contributed by atoms with Crippen LogP contribution in [0.15, 0.2) is 24.3 Å². The van der Waals surface area contributed by atoms with E-state index < -0.39 is 0 Å². The smallest absolute Gasteiger partial charge is 0.220 e. The van der Waals surface area contributed by atoms with Gasteiger partial charge >= 0.3 is 0 Å². The molecule has 0 saturated heterocycles. The molecule has 0 atom stereocenters. The lowest BCUT2D eigenvalue weighted by atomic mass is 10.1.